The molecule has 0 spiro atoms. The minimum absolute atomic E-state index is 0.524. The number of rotatable bonds is 8. The molecule has 0 saturated carbocycles. The second kappa shape index (κ2) is 8.04. The molecule has 0 radical (unpaired) electrons. The largest absolute Gasteiger partial charge is 0.453 e. The fourth-order valence-corrected chi connectivity index (χ4v) is 3.22. The standard InChI is InChI=1S/C14H16N6OS2/c15-13-20-19-11(22-13)3-1-6-16-9-10-4-5-12(21-10)23-14-17-7-2-8-18-14/h2,4-5,7-8,16H,1,3,6,9H2,(H2,15,20). The summed E-state index contributed by atoms with van der Waals surface area (Å²) in [5, 5.41) is 14.1. The summed E-state index contributed by atoms with van der Waals surface area (Å²) in [5.74, 6) is 0.892. The van der Waals surface area contributed by atoms with Crippen molar-refractivity contribution in [2.24, 2.45) is 0 Å². The molecule has 0 atom stereocenters. The zero-order valence-corrected chi connectivity index (χ0v) is 13.9. The van der Waals surface area contributed by atoms with Gasteiger partial charge in [-0.15, -0.1) is 10.2 Å². The van der Waals surface area contributed by atoms with E-state index >= 15 is 0 Å². The quantitative estimate of drug-likeness (QED) is 0.472. The van der Waals surface area contributed by atoms with Crippen LogP contribution in [0.25, 0.3) is 0 Å². The number of nitrogens with two attached hydrogens (primary N) is 1. The Labute approximate surface area is 141 Å². The number of anilines is 1. The highest BCUT2D eigenvalue weighted by Crippen LogP contribution is 2.25. The molecule has 0 saturated heterocycles. The van der Waals surface area contributed by atoms with E-state index in [1.807, 2.05) is 12.1 Å². The lowest BCUT2D eigenvalue weighted by Crippen LogP contribution is -2.14. The smallest absolute Gasteiger partial charge is 0.203 e. The van der Waals surface area contributed by atoms with Crippen LogP contribution in [0.15, 0.2) is 45.3 Å². The van der Waals surface area contributed by atoms with Crippen molar-refractivity contribution in [1.29, 1.82) is 0 Å². The van der Waals surface area contributed by atoms with Crippen molar-refractivity contribution >= 4 is 28.2 Å². The maximum absolute atomic E-state index is 5.74. The van der Waals surface area contributed by atoms with Gasteiger partial charge in [-0.25, -0.2) is 9.97 Å². The van der Waals surface area contributed by atoms with Gasteiger partial charge < -0.3 is 15.5 Å². The summed E-state index contributed by atoms with van der Waals surface area (Å²) in [5.41, 5.74) is 5.55. The number of nitrogens with zero attached hydrogens (tertiary/aromatic N) is 4. The topological polar surface area (TPSA) is 103 Å². The summed E-state index contributed by atoms with van der Waals surface area (Å²) in [6.45, 7) is 1.57. The predicted molar refractivity (Wildman–Crippen MR) is 89.2 cm³/mol. The van der Waals surface area contributed by atoms with Crippen LogP contribution in [-0.4, -0.2) is 26.7 Å². The lowest BCUT2D eigenvalue weighted by Gasteiger charge is -2.01. The first-order chi connectivity index (χ1) is 11.3. The van der Waals surface area contributed by atoms with Gasteiger partial charge in [-0.2, -0.15) is 0 Å². The maximum atomic E-state index is 5.74. The molecular weight excluding hydrogens is 332 g/mol. The van der Waals surface area contributed by atoms with Crippen molar-refractivity contribution in [3.8, 4) is 0 Å². The lowest BCUT2D eigenvalue weighted by molar-refractivity contribution is 0.415. The first-order valence-electron chi connectivity index (χ1n) is 7.12. The number of hydrogen-bond acceptors (Lipinski definition) is 9. The monoisotopic (exact) mass is 348 g/mol. The molecule has 3 rings (SSSR count). The first-order valence-corrected chi connectivity index (χ1v) is 8.75. The highest BCUT2D eigenvalue weighted by Gasteiger charge is 2.06. The van der Waals surface area contributed by atoms with E-state index in [4.69, 9.17) is 10.2 Å². The Hall–Kier alpha value is -1.97. The van der Waals surface area contributed by atoms with Gasteiger partial charge in [0.15, 0.2) is 10.2 Å². The average Bonchev–Trinajstić information content (AvgIpc) is 3.17. The number of furan rings is 1. The van der Waals surface area contributed by atoms with Crippen LogP contribution in [0.2, 0.25) is 0 Å². The molecule has 0 aromatic carbocycles. The van der Waals surface area contributed by atoms with E-state index in [1.54, 1.807) is 18.5 Å². The third-order valence-electron chi connectivity index (χ3n) is 2.90. The van der Waals surface area contributed by atoms with Crippen molar-refractivity contribution in [2.75, 3.05) is 12.3 Å². The van der Waals surface area contributed by atoms with Crippen molar-refractivity contribution in [3.63, 3.8) is 0 Å². The van der Waals surface area contributed by atoms with Gasteiger partial charge in [0, 0.05) is 18.8 Å². The summed E-state index contributed by atoms with van der Waals surface area (Å²) >= 11 is 2.85. The number of aromatic nitrogens is 4. The predicted octanol–water partition coefficient (Wildman–Crippen LogP) is 2.38. The minimum Gasteiger partial charge on any atom is -0.453 e. The summed E-state index contributed by atoms with van der Waals surface area (Å²) in [6, 6.07) is 5.68. The van der Waals surface area contributed by atoms with Crippen molar-refractivity contribution < 1.29 is 4.42 Å². The number of hydrogen-bond donors (Lipinski definition) is 2. The molecule has 3 heterocycles. The zero-order chi connectivity index (χ0) is 15.9. The summed E-state index contributed by atoms with van der Waals surface area (Å²) < 4.78 is 5.74. The van der Waals surface area contributed by atoms with E-state index in [0.717, 1.165) is 35.2 Å². The van der Waals surface area contributed by atoms with Gasteiger partial charge in [-0.3, -0.25) is 0 Å². The van der Waals surface area contributed by atoms with E-state index in [0.29, 0.717) is 16.8 Å². The highest BCUT2D eigenvalue weighted by molar-refractivity contribution is 7.99. The Morgan fingerprint density at radius 1 is 1.22 bits per heavy atom. The van der Waals surface area contributed by atoms with Gasteiger partial charge in [0.2, 0.25) is 5.13 Å². The van der Waals surface area contributed by atoms with Gasteiger partial charge in [0.25, 0.3) is 0 Å². The molecule has 3 aromatic heterocycles. The molecule has 0 aliphatic carbocycles. The van der Waals surface area contributed by atoms with Crippen LogP contribution in [0.3, 0.4) is 0 Å². The highest BCUT2D eigenvalue weighted by atomic mass is 32.2. The molecule has 7 nitrogen and oxygen atoms in total. The molecule has 0 bridgehead atoms. The summed E-state index contributed by atoms with van der Waals surface area (Å²) in [4.78, 5) is 8.32. The molecule has 3 aromatic rings. The fraction of sp³-hybridized carbons (Fsp3) is 0.286. The van der Waals surface area contributed by atoms with Crippen LogP contribution in [-0.2, 0) is 13.0 Å². The number of nitrogen functional groups attached to an aromatic ring is 1. The van der Waals surface area contributed by atoms with Gasteiger partial charge >= 0.3 is 0 Å². The molecule has 3 N–H and O–H groups in total. The lowest BCUT2D eigenvalue weighted by atomic mass is 10.3. The van der Waals surface area contributed by atoms with Crippen LogP contribution >= 0.6 is 23.1 Å². The molecule has 9 heteroatoms. The van der Waals surface area contributed by atoms with E-state index in [2.05, 4.69) is 25.5 Å². The second-order valence-electron chi connectivity index (χ2n) is 4.67. The third-order valence-corrected chi connectivity index (χ3v) is 4.52. The Bertz CT molecular complexity index is 730. The number of aryl methyl sites for hydroxylation is 1. The number of nitrogens with one attached hydrogen (secondary N) is 1. The average molecular weight is 348 g/mol. The van der Waals surface area contributed by atoms with Crippen molar-refractivity contribution in [3.05, 3.63) is 41.4 Å². The molecule has 0 aliphatic heterocycles. The second-order valence-corrected chi connectivity index (χ2v) is 6.73. The van der Waals surface area contributed by atoms with E-state index in [1.165, 1.54) is 23.1 Å². The van der Waals surface area contributed by atoms with Crippen molar-refractivity contribution in [2.45, 2.75) is 29.6 Å². The van der Waals surface area contributed by atoms with Crippen LogP contribution in [0, 0.1) is 0 Å². The van der Waals surface area contributed by atoms with Crippen LogP contribution < -0.4 is 11.1 Å². The molecule has 0 unspecified atom stereocenters. The van der Waals surface area contributed by atoms with Crippen molar-refractivity contribution in [1.82, 2.24) is 25.5 Å². The van der Waals surface area contributed by atoms with Crippen LogP contribution in [0.1, 0.15) is 17.2 Å². The van der Waals surface area contributed by atoms with Gasteiger partial charge in [-0.05, 0) is 42.9 Å². The molecule has 120 valence electrons. The van der Waals surface area contributed by atoms with Gasteiger partial charge in [-0.1, -0.05) is 11.3 Å². The fourth-order valence-electron chi connectivity index (χ4n) is 1.88. The maximum Gasteiger partial charge on any atom is 0.203 e. The Morgan fingerprint density at radius 2 is 2.09 bits per heavy atom. The first kappa shape index (κ1) is 15.9. The van der Waals surface area contributed by atoms with E-state index in [9.17, 15) is 0 Å². The molecular formula is C14H16N6OS2. The van der Waals surface area contributed by atoms with Crippen LogP contribution in [0.5, 0.6) is 0 Å². The van der Waals surface area contributed by atoms with Gasteiger partial charge in [0.1, 0.15) is 10.8 Å². The molecule has 23 heavy (non-hydrogen) atoms. The summed E-state index contributed by atoms with van der Waals surface area (Å²) in [6.07, 6.45) is 5.29. The third kappa shape index (κ3) is 5.02. The molecule has 0 amide bonds. The molecule has 0 aliphatic rings. The van der Waals surface area contributed by atoms with Gasteiger partial charge in [0.05, 0.1) is 6.54 Å². The minimum atomic E-state index is 0.524. The Kier molecular flexibility index (Phi) is 5.56. The SMILES string of the molecule is Nc1nnc(CCCNCc2ccc(Sc3ncccn3)o2)s1. The van der Waals surface area contributed by atoms with E-state index in [-0.39, 0.29) is 0 Å². The summed E-state index contributed by atoms with van der Waals surface area (Å²) in [7, 11) is 0. The van der Waals surface area contributed by atoms with Crippen LogP contribution in [0.4, 0.5) is 5.13 Å². The normalized spacial score (nSPS) is 11.0. The zero-order valence-electron chi connectivity index (χ0n) is 12.3. The Morgan fingerprint density at radius 3 is 2.87 bits per heavy atom. The Balaban J connectivity index is 1.37. The van der Waals surface area contributed by atoms with E-state index < -0.39 is 0 Å². The molecule has 0 fully saturated rings.